The zero-order valence-corrected chi connectivity index (χ0v) is 19.7. The maximum Gasteiger partial charge on any atom is 0.0924 e. The SMILES string of the molecule is CC(C)CCCC(C)[C@H]1CC[C@H]2[C@@H]3CC(O)=C4C[C@@H](O)CC[C@]4(C)[C@H]3CC[C@]12C. The fourth-order valence-corrected chi connectivity index (χ4v) is 8.78. The van der Waals surface area contributed by atoms with Gasteiger partial charge in [0, 0.05) is 6.42 Å². The molecule has 29 heavy (non-hydrogen) atoms. The molecule has 2 heteroatoms. The molecule has 3 fully saturated rings. The minimum atomic E-state index is -0.242. The van der Waals surface area contributed by atoms with Crippen LogP contribution in [0.15, 0.2) is 11.3 Å². The summed E-state index contributed by atoms with van der Waals surface area (Å²) >= 11 is 0. The van der Waals surface area contributed by atoms with Crippen LogP contribution in [0.1, 0.15) is 105 Å². The number of aliphatic hydroxyl groups excluding tert-OH is 2. The van der Waals surface area contributed by atoms with Crippen molar-refractivity contribution in [3.63, 3.8) is 0 Å². The number of fused-ring (bicyclic) bond motifs is 5. The Morgan fingerprint density at radius 2 is 1.69 bits per heavy atom. The molecule has 0 aromatic carbocycles. The molecule has 2 nitrogen and oxygen atoms in total. The molecule has 0 radical (unpaired) electrons. The number of aliphatic hydroxyl groups is 2. The van der Waals surface area contributed by atoms with E-state index in [2.05, 4.69) is 34.6 Å². The molecule has 0 aliphatic heterocycles. The van der Waals surface area contributed by atoms with E-state index in [0.29, 0.717) is 29.4 Å². The van der Waals surface area contributed by atoms with Crippen molar-refractivity contribution in [2.24, 2.45) is 46.3 Å². The summed E-state index contributed by atoms with van der Waals surface area (Å²) in [5, 5.41) is 21.3. The third-order valence-electron chi connectivity index (χ3n) is 10.4. The van der Waals surface area contributed by atoms with Gasteiger partial charge in [0.2, 0.25) is 0 Å². The Labute approximate surface area is 179 Å². The number of rotatable bonds is 5. The standard InChI is InChI=1S/C27H46O2/c1-17(2)7-6-8-18(3)21-9-10-22-20-16-25(29)24-15-19(28)11-13-27(24,5)23(20)12-14-26(21,22)4/h17-23,28-29H,6-16H2,1-5H3/t18?,19-,20-,21+,22-,23-,26+,27+/m0/s1. The second kappa shape index (κ2) is 7.88. The van der Waals surface area contributed by atoms with Gasteiger partial charge in [0.1, 0.15) is 0 Å². The first-order valence-electron chi connectivity index (χ1n) is 12.8. The van der Waals surface area contributed by atoms with Crippen LogP contribution in [0, 0.1) is 46.3 Å². The Hall–Kier alpha value is -0.500. The van der Waals surface area contributed by atoms with Gasteiger partial charge in [-0.3, -0.25) is 0 Å². The monoisotopic (exact) mass is 402 g/mol. The molecule has 4 aliphatic carbocycles. The molecule has 3 saturated carbocycles. The second-order valence-corrected chi connectivity index (χ2v) is 12.4. The van der Waals surface area contributed by atoms with E-state index in [4.69, 9.17) is 0 Å². The highest BCUT2D eigenvalue weighted by atomic mass is 16.3. The van der Waals surface area contributed by atoms with E-state index in [1.807, 2.05) is 0 Å². The Morgan fingerprint density at radius 3 is 2.41 bits per heavy atom. The smallest absolute Gasteiger partial charge is 0.0924 e. The van der Waals surface area contributed by atoms with Gasteiger partial charge in [-0.15, -0.1) is 0 Å². The van der Waals surface area contributed by atoms with Gasteiger partial charge in [-0.1, -0.05) is 53.9 Å². The molecule has 4 rings (SSSR count). The van der Waals surface area contributed by atoms with Crippen LogP contribution < -0.4 is 0 Å². The third kappa shape index (κ3) is 3.60. The minimum absolute atomic E-state index is 0.133. The molecule has 8 atom stereocenters. The highest BCUT2D eigenvalue weighted by Gasteiger charge is 2.60. The van der Waals surface area contributed by atoms with Crippen molar-refractivity contribution in [3.05, 3.63) is 11.3 Å². The lowest BCUT2D eigenvalue weighted by atomic mass is 9.46. The third-order valence-corrected chi connectivity index (χ3v) is 10.4. The van der Waals surface area contributed by atoms with Crippen molar-refractivity contribution in [2.75, 3.05) is 0 Å². The molecule has 166 valence electrons. The average molecular weight is 403 g/mol. The summed E-state index contributed by atoms with van der Waals surface area (Å²) in [6, 6.07) is 0. The molecule has 0 heterocycles. The quantitative estimate of drug-likeness (QED) is 0.507. The lowest BCUT2D eigenvalue weighted by Crippen LogP contribution is -2.51. The van der Waals surface area contributed by atoms with Crippen molar-refractivity contribution < 1.29 is 10.2 Å². The molecule has 0 amide bonds. The van der Waals surface area contributed by atoms with Crippen molar-refractivity contribution in [3.8, 4) is 0 Å². The summed E-state index contributed by atoms with van der Waals surface area (Å²) in [7, 11) is 0. The summed E-state index contributed by atoms with van der Waals surface area (Å²) in [5.41, 5.74) is 1.83. The molecular weight excluding hydrogens is 356 g/mol. The summed E-state index contributed by atoms with van der Waals surface area (Å²) in [5.74, 6) is 5.35. The van der Waals surface area contributed by atoms with Gasteiger partial charge >= 0.3 is 0 Å². The molecule has 0 saturated heterocycles. The van der Waals surface area contributed by atoms with E-state index >= 15 is 0 Å². The Morgan fingerprint density at radius 1 is 0.931 bits per heavy atom. The maximum absolute atomic E-state index is 11.0. The van der Waals surface area contributed by atoms with Crippen LogP contribution >= 0.6 is 0 Å². The van der Waals surface area contributed by atoms with Gasteiger partial charge in [-0.05, 0) is 96.9 Å². The second-order valence-electron chi connectivity index (χ2n) is 12.4. The van der Waals surface area contributed by atoms with E-state index in [0.717, 1.165) is 42.9 Å². The van der Waals surface area contributed by atoms with Crippen molar-refractivity contribution in [2.45, 2.75) is 111 Å². The number of hydrogen-bond acceptors (Lipinski definition) is 2. The van der Waals surface area contributed by atoms with E-state index in [9.17, 15) is 10.2 Å². The molecule has 0 aromatic rings. The maximum atomic E-state index is 11.0. The Kier molecular flexibility index (Phi) is 5.90. The van der Waals surface area contributed by atoms with Gasteiger partial charge in [0.15, 0.2) is 0 Å². The number of allylic oxidation sites excluding steroid dienone is 1. The van der Waals surface area contributed by atoms with Crippen molar-refractivity contribution in [1.29, 1.82) is 0 Å². The first-order valence-corrected chi connectivity index (χ1v) is 12.8. The topological polar surface area (TPSA) is 40.5 Å². The fraction of sp³-hybridized carbons (Fsp3) is 0.926. The summed E-state index contributed by atoms with van der Waals surface area (Å²) in [6.45, 7) is 12.3. The van der Waals surface area contributed by atoms with Gasteiger partial charge in [-0.2, -0.15) is 0 Å². The Balaban J connectivity index is 1.53. The summed E-state index contributed by atoms with van der Waals surface area (Å²) in [4.78, 5) is 0. The molecule has 1 unspecified atom stereocenters. The molecule has 4 aliphatic rings. The van der Waals surface area contributed by atoms with Gasteiger partial charge < -0.3 is 10.2 Å². The van der Waals surface area contributed by atoms with Crippen molar-refractivity contribution in [1.82, 2.24) is 0 Å². The van der Waals surface area contributed by atoms with E-state index < -0.39 is 0 Å². The summed E-state index contributed by atoms with van der Waals surface area (Å²) in [6.07, 6.45) is 13.0. The largest absolute Gasteiger partial charge is 0.512 e. The van der Waals surface area contributed by atoms with Crippen LogP contribution in [0.4, 0.5) is 0 Å². The normalized spacial score (nSPS) is 45.7. The highest BCUT2D eigenvalue weighted by molar-refractivity contribution is 5.28. The fourth-order valence-electron chi connectivity index (χ4n) is 8.78. The molecule has 0 bridgehead atoms. The van der Waals surface area contributed by atoms with E-state index in [-0.39, 0.29) is 11.5 Å². The molecule has 0 spiro atoms. The minimum Gasteiger partial charge on any atom is -0.512 e. The van der Waals surface area contributed by atoms with Crippen LogP contribution in [-0.2, 0) is 0 Å². The summed E-state index contributed by atoms with van der Waals surface area (Å²) < 4.78 is 0. The van der Waals surface area contributed by atoms with Gasteiger partial charge in [-0.25, -0.2) is 0 Å². The van der Waals surface area contributed by atoms with Crippen LogP contribution in [0.25, 0.3) is 0 Å². The predicted molar refractivity (Wildman–Crippen MR) is 121 cm³/mol. The van der Waals surface area contributed by atoms with Crippen LogP contribution in [-0.4, -0.2) is 16.3 Å². The zero-order valence-electron chi connectivity index (χ0n) is 19.7. The molecular formula is C27H46O2. The average Bonchev–Trinajstić information content (AvgIpc) is 3.00. The lowest BCUT2D eigenvalue weighted by Gasteiger charge is -2.58. The number of hydrogen-bond donors (Lipinski definition) is 2. The Bertz CT molecular complexity index is 636. The zero-order chi connectivity index (χ0) is 21.0. The first-order chi connectivity index (χ1) is 13.7. The van der Waals surface area contributed by atoms with E-state index in [1.165, 1.54) is 50.5 Å². The van der Waals surface area contributed by atoms with Gasteiger partial charge in [0.25, 0.3) is 0 Å². The molecule has 2 N–H and O–H groups in total. The lowest BCUT2D eigenvalue weighted by molar-refractivity contribution is -0.0663. The van der Waals surface area contributed by atoms with Crippen LogP contribution in [0.3, 0.4) is 0 Å². The van der Waals surface area contributed by atoms with E-state index in [1.54, 1.807) is 0 Å². The van der Waals surface area contributed by atoms with Crippen LogP contribution in [0.2, 0.25) is 0 Å². The highest BCUT2D eigenvalue weighted by Crippen LogP contribution is 2.68. The predicted octanol–water partition coefficient (Wildman–Crippen LogP) is 7.27. The van der Waals surface area contributed by atoms with Crippen molar-refractivity contribution >= 4 is 0 Å². The van der Waals surface area contributed by atoms with Gasteiger partial charge in [0.05, 0.1) is 11.9 Å². The first kappa shape index (κ1) is 21.7. The van der Waals surface area contributed by atoms with Crippen LogP contribution in [0.5, 0.6) is 0 Å². The molecule has 0 aromatic heterocycles.